The standard InChI is InChI=1S/C22H20N4O2/c1-15-12-18(16(2)25(15)14-17-8-4-3-5-9-17)13-23-26-21(27)19-10-6-7-11-20(19)24-22(26)28/h3-13H,14H2,1-2H3,(H,24,28). The first kappa shape index (κ1) is 17.7. The SMILES string of the molecule is Cc1cc(C=Nn2c(=O)[nH]c3ccccc3c2=O)c(C)n1Cc1ccccc1. The van der Waals surface area contributed by atoms with Crippen LogP contribution in [0, 0.1) is 13.8 Å². The maximum atomic E-state index is 12.6. The average molecular weight is 372 g/mol. The molecule has 6 nitrogen and oxygen atoms in total. The fraction of sp³-hybridized carbons (Fsp3) is 0.136. The number of nitrogens with one attached hydrogen (secondary N) is 1. The summed E-state index contributed by atoms with van der Waals surface area (Å²) >= 11 is 0. The Hall–Kier alpha value is -3.67. The van der Waals surface area contributed by atoms with Gasteiger partial charge in [-0.1, -0.05) is 42.5 Å². The lowest BCUT2D eigenvalue weighted by atomic mass is 10.2. The van der Waals surface area contributed by atoms with E-state index in [0.717, 1.165) is 28.2 Å². The minimum atomic E-state index is -0.557. The number of fused-ring (bicyclic) bond motifs is 1. The van der Waals surface area contributed by atoms with Crippen molar-refractivity contribution < 1.29 is 0 Å². The van der Waals surface area contributed by atoms with Crippen LogP contribution >= 0.6 is 0 Å². The second kappa shape index (κ2) is 7.15. The Morgan fingerprint density at radius 2 is 1.71 bits per heavy atom. The molecule has 2 aromatic heterocycles. The monoisotopic (exact) mass is 372 g/mol. The van der Waals surface area contributed by atoms with Crippen LogP contribution < -0.4 is 11.2 Å². The van der Waals surface area contributed by atoms with Gasteiger partial charge >= 0.3 is 5.69 Å². The zero-order valence-electron chi connectivity index (χ0n) is 15.7. The lowest BCUT2D eigenvalue weighted by Gasteiger charge is -2.09. The van der Waals surface area contributed by atoms with E-state index in [1.165, 1.54) is 5.56 Å². The summed E-state index contributed by atoms with van der Waals surface area (Å²) in [5, 5.41) is 4.59. The van der Waals surface area contributed by atoms with Gasteiger partial charge in [0.05, 0.1) is 17.1 Å². The molecule has 0 unspecified atom stereocenters. The van der Waals surface area contributed by atoms with Crippen molar-refractivity contribution in [3.63, 3.8) is 0 Å². The molecule has 0 radical (unpaired) electrons. The molecule has 0 saturated carbocycles. The van der Waals surface area contributed by atoms with Gasteiger partial charge in [-0.2, -0.15) is 5.10 Å². The van der Waals surface area contributed by atoms with Gasteiger partial charge in [-0.15, -0.1) is 4.68 Å². The third-order valence-corrected chi connectivity index (χ3v) is 4.89. The van der Waals surface area contributed by atoms with E-state index in [-0.39, 0.29) is 0 Å². The molecule has 2 heterocycles. The maximum absolute atomic E-state index is 12.6. The number of nitrogens with zero attached hydrogens (tertiary/aromatic N) is 3. The molecule has 1 N–H and O–H groups in total. The second-order valence-electron chi connectivity index (χ2n) is 6.74. The average Bonchev–Trinajstić information content (AvgIpc) is 2.96. The van der Waals surface area contributed by atoms with Crippen molar-refractivity contribution in [2.45, 2.75) is 20.4 Å². The van der Waals surface area contributed by atoms with Gasteiger partial charge < -0.3 is 9.55 Å². The zero-order chi connectivity index (χ0) is 19.7. The largest absolute Gasteiger partial charge is 0.349 e. The van der Waals surface area contributed by atoms with Crippen LogP contribution in [0.4, 0.5) is 0 Å². The Balaban J connectivity index is 1.71. The van der Waals surface area contributed by atoms with Crippen LogP contribution in [0.15, 0.2) is 75.4 Å². The Morgan fingerprint density at radius 1 is 1.00 bits per heavy atom. The fourth-order valence-corrected chi connectivity index (χ4v) is 3.35. The molecule has 0 amide bonds. The molecule has 4 aromatic rings. The maximum Gasteiger partial charge on any atom is 0.349 e. The van der Waals surface area contributed by atoms with E-state index in [9.17, 15) is 9.59 Å². The number of hydrogen-bond acceptors (Lipinski definition) is 3. The lowest BCUT2D eigenvalue weighted by molar-refractivity contribution is 0.748. The Kier molecular flexibility index (Phi) is 4.53. The first-order valence-corrected chi connectivity index (χ1v) is 9.03. The molecule has 0 aliphatic heterocycles. The number of H-pyrrole nitrogens is 1. The van der Waals surface area contributed by atoms with E-state index in [0.29, 0.717) is 10.9 Å². The van der Waals surface area contributed by atoms with Crippen LogP contribution in [0.3, 0.4) is 0 Å². The smallest absolute Gasteiger partial charge is 0.344 e. The third-order valence-electron chi connectivity index (χ3n) is 4.89. The van der Waals surface area contributed by atoms with Crippen LogP contribution in [0.5, 0.6) is 0 Å². The van der Waals surface area contributed by atoms with Gasteiger partial charge in [-0.25, -0.2) is 4.79 Å². The van der Waals surface area contributed by atoms with Crippen LogP contribution in [-0.2, 0) is 6.54 Å². The number of aryl methyl sites for hydroxylation is 1. The third kappa shape index (κ3) is 3.20. The summed E-state index contributed by atoms with van der Waals surface area (Å²) in [5.74, 6) is 0. The van der Waals surface area contributed by atoms with E-state index >= 15 is 0 Å². The van der Waals surface area contributed by atoms with Gasteiger partial charge in [0.25, 0.3) is 5.56 Å². The van der Waals surface area contributed by atoms with Gasteiger partial charge in [-0.3, -0.25) is 4.79 Å². The van der Waals surface area contributed by atoms with Crippen molar-refractivity contribution in [2.75, 3.05) is 0 Å². The highest BCUT2D eigenvalue weighted by Gasteiger charge is 2.09. The predicted octanol–water partition coefficient (Wildman–Crippen LogP) is 3.04. The molecule has 0 aliphatic rings. The molecule has 0 atom stereocenters. The van der Waals surface area contributed by atoms with E-state index in [2.05, 4.69) is 26.8 Å². The van der Waals surface area contributed by atoms with Gasteiger partial charge in [0.2, 0.25) is 0 Å². The number of benzene rings is 2. The summed E-state index contributed by atoms with van der Waals surface area (Å²) < 4.78 is 3.05. The Labute approximate surface area is 161 Å². The van der Waals surface area contributed by atoms with Gasteiger partial charge in [0.1, 0.15) is 0 Å². The molecular weight excluding hydrogens is 352 g/mol. The summed E-state index contributed by atoms with van der Waals surface area (Å²) in [7, 11) is 0. The van der Waals surface area contributed by atoms with Crippen LogP contribution in [0.25, 0.3) is 10.9 Å². The number of aromatic nitrogens is 3. The summed E-state index contributed by atoms with van der Waals surface area (Å²) in [5.41, 5.74) is 3.69. The van der Waals surface area contributed by atoms with Gasteiger partial charge in [-0.05, 0) is 37.6 Å². The first-order valence-electron chi connectivity index (χ1n) is 9.03. The molecule has 28 heavy (non-hydrogen) atoms. The highest BCUT2D eigenvalue weighted by atomic mass is 16.2. The summed E-state index contributed by atoms with van der Waals surface area (Å²) in [6.07, 6.45) is 1.56. The molecule has 4 rings (SSSR count). The lowest BCUT2D eigenvalue weighted by Crippen LogP contribution is -2.32. The number of para-hydroxylation sites is 1. The van der Waals surface area contributed by atoms with Crippen molar-refractivity contribution in [2.24, 2.45) is 5.10 Å². The van der Waals surface area contributed by atoms with Crippen molar-refractivity contribution in [1.29, 1.82) is 0 Å². The van der Waals surface area contributed by atoms with Crippen molar-refractivity contribution in [3.05, 3.63) is 104 Å². The highest BCUT2D eigenvalue weighted by Crippen LogP contribution is 2.15. The van der Waals surface area contributed by atoms with Crippen molar-refractivity contribution in [1.82, 2.24) is 14.2 Å². The number of hydrogen-bond donors (Lipinski definition) is 1. The quantitative estimate of drug-likeness (QED) is 0.559. The van der Waals surface area contributed by atoms with Crippen molar-refractivity contribution >= 4 is 17.1 Å². The van der Waals surface area contributed by atoms with E-state index in [1.807, 2.05) is 38.1 Å². The second-order valence-corrected chi connectivity index (χ2v) is 6.74. The predicted molar refractivity (Wildman–Crippen MR) is 111 cm³/mol. The number of aromatic amines is 1. The summed E-state index contributed by atoms with van der Waals surface area (Å²) in [4.78, 5) is 27.5. The minimum Gasteiger partial charge on any atom is -0.344 e. The normalized spacial score (nSPS) is 11.5. The molecule has 140 valence electrons. The summed E-state index contributed by atoms with van der Waals surface area (Å²) in [6.45, 7) is 4.79. The van der Waals surface area contributed by atoms with E-state index in [1.54, 1.807) is 30.5 Å². The first-order chi connectivity index (χ1) is 13.5. The fourth-order valence-electron chi connectivity index (χ4n) is 3.35. The van der Waals surface area contributed by atoms with Gasteiger partial charge in [0.15, 0.2) is 0 Å². The molecular formula is C22H20N4O2. The summed E-state index contributed by atoms with van der Waals surface area (Å²) in [6, 6.07) is 19.1. The molecule has 0 fully saturated rings. The molecule has 2 aromatic carbocycles. The number of rotatable bonds is 4. The van der Waals surface area contributed by atoms with Gasteiger partial charge in [0, 0.05) is 23.5 Å². The molecule has 0 aliphatic carbocycles. The molecule has 0 saturated heterocycles. The topological polar surface area (TPSA) is 72.2 Å². The molecule has 6 heteroatoms. The van der Waals surface area contributed by atoms with Crippen LogP contribution in [0.2, 0.25) is 0 Å². The molecule has 0 spiro atoms. The zero-order valence-corrected chi connectivity index (χ0v) is 15.7. The Morgan fingerprint density at radius 3 is 2.50 bits per heavy atom. The van der Waals surface area contributed by atoms with E-state index in [4.69, 9.17) is 0 Å². The Bertz CT molecular complexity index is 1290. The highest BCUT2D eigenvalue weighted by molar-refractivity contribution is 5.82. The van der Waals surface area contributed by atoms with Crippen molar-refractivity contribution in [3.8, 4) is 0 Å². The molecule has 0 bridgehead atoms. The van der Waals surface area contributed by atoms with Crippen LogP contribution in [0.1, 0.15) is 22.5 Å². The minimum absolute atomic E-state index is 0.425. The van der Waals surface area contributed by atoms with Crippen LogP contribution in [-0.4, -0.2) is 20.4 Å². The van der Waals surface area contributed by atoms with E-state index < -0.39 is 11.2 Å².